The number of carbonyl (C=O) groups is 2. The van der Waals surface area contributed by atoms with Crippen molar-refractivity contribution in [1.29, 1.82) is 0 Å². The second kappa shape index (κ2) is 7.86. The van der Waals surface area contributed by atoms with E-state index in [-0.39, 0.29) is 11.8 Å². The van der Waals surface area contributed by atoms with E-state index in [0.29, 0.717) is 38.2 Å². The predicted molar refractivity (Wildman–Crippen MR) is 101 cm³/mol. The van der Waals surface area contributed by atoms with Crippen molar-refractivity contribution in [2.75, 3.05) is 33.3 Å². The fourth-order valence-corrected chi connectivity index (χ4v) is 3.99. The lowest BCUT2D eigenvalue weighted by Crippen LogP contribution is -2.51. The van der Waals surface area contributed by atoms with Gasteiger partial charge in [0.25, 0.3) is 5.91 Å². The zero-order chi connectivity index (χ0) is 18.7. The zero-order valence-corrected chi connectivity index (χ0v) is 16.1. The molecule has 138 valence electrons. The summed E-state index contributed by atoms with van der Waals surface area (Å²) in [5.74, 6) is 0.826. The summed E-state index contributed by atoms with van der Waals surface area (Å²) >= 11 is 1.58. The molecule has 3 rings (SSSR count). The van der Waals surface area contributed by atoms with E-state index in [2.05, 4.69) is 4.98 Å². The molecule has 0 spiro atoms. The highest BCUT2D eigenvalue weighted by molar-refractivity contribution is 7.11. The van der Waals surface area contributed by atoms with Crippen LogP contribution in [-0.2, 0) is 11.2 Å². The lowest BCUT2D eigenvalue weighted by Gasteiger charge is -2.34. The molecular weight excluding hydrogens is 350 g/mol. The van der Waals surface area contributed by atoms with Crippen molar-refractivity contribution in [2.45, 2.75) is 20.3 Å². The van der Waals surface area contributed by atoms with Gasteiger partial charge >= 0.3 is 0 Å². The summed E-state index contributed by atoms with van der Waals surface area (Å²) in [7, 11) is 1.60. The van der Waals surface area contributed by atoms with E-state index in [1.165, 1.54) is 0 Å². The predicted octanol–water partition coefficient (Wildman–Crippen LogP) is 2.30. The molecule has 0 radical (unpaired) electrons. The van der Waals surface area contributed by atoms with Gasteiger partial charge in [-0.05, 0) is 38.1 Å². The second-order valence-corrected chi connectivity index (χ2v) is 7.61. The van der Waals surface area contributed by atoms with Crippen LogP contribution in [0.1, 0.15) is 25.9 Å². The largest absolute Gasteiger partial charge is 0.497 e. The van der Waals surface area contributed by atoms with Crippen molar-refractivity contribution < 1.29 is 14.3 Å². The molecule has 0 N–H and O–H groups in total. The van der Waals surface area contributed by atoms with Crippen molar-refractivity contribution in [3.05, 3.63) is 45.4 Å². The highest BCUT2D eigenvalue weighted by Crippen LogP contribution is 2.19. The number of hydrogen-bond acceptors (Lipinski definition) is 5. The molecule has 1 aromatic carbocycles. The Hall–Kier alpha value is -2.41. The van der Waals surface area contributed by atoms with Gasteiger partial charge in [0.1, 0.15) is 5.75 Å². The van der Waals surface area contributed by atoms with E-state index in [9.17, 15) is 9.59 Å². The fraction of sp³-hybridized carbons (Fsp3) is 0.421. The summed E-state index contributed by atoms with van der Waals surface area (Å²) < 4.78 is 5.12. The minimum Gasteiger partial charge on any atom is -0.497 e. The van der Waals surface area contributed by atoms with Gasteiger partial charge in [0.05, 0.1) is 24.2 Å². The smallest absolute Gasteiger partial charge is 0.253 e. The van der Waals surface area contributed by atoms with Crippen LogP contribution in [0.15, 0.2) is 24.3 Å². The monoisotopic (exact) mass is 373 g/mol. The summed E-state index contributed by atoms with van der Waals surface area (Å²) in [6.45, 7) is 6.14. The molecule has 1 saturated heterocycles. The Morgan fingerprint density at radius 1 is 1.08 bits per heavy atom. The molecule has 1 aliphatic heterocycles. The third-order valence-electron chi connectivity index (χ3n) is 4.57. The standard InChI is InChI=1S/C19H23N3O3S/c1-13-17(26-14(2)20-13)12-18(23)21-8-10-22(11-9-21)19(24)15-4-6-16(25-3)7-5-15/h4-7H,8-12H2,1-3H3. The Morgan fingerprint density at radius 3 is 2.23 bits per heavy atom. The minimum absolute atomic E-state index is 0.00585. The number of benzene rings is 1. The van der Waals surface area contributed by atoms with Gasteiger partial charge in [-0.25, -0.2) is 4.98 Å². The Balaban J connectivity index is 1.55. The average Bonchev–Trinajstić information content (AvgIpc) is 2.98. The Kier molecular flexibility index (Phi) is 5.56. The molecule has 26 heavy (non-hydrogen) atoms. The number of carbonyl (C=O) groups excluding carboxylic acids is 2. The first-order valence-electron chi connectivity index (χ1n) is 8.62. The number of hydrogen-bond donors (Lipinski definition) is 0. The van der Waals surface area contributed by atoms with Crippen LogP contribution in [0.4, 0.5) is 0 Å². The maximum absolute atomic E-state index is 12.6. The van der Waals surface area contributed by atoms with Gasteiger partial charge in [0.15, 0.2) is 0 Å². The SMILES string of the molecule is COc1ccc(C(=O)N2CCN(C(=O)Cc3sc(C)nc3C)CC2)cc1. The number of piperazine rings is 1. The number of aryl methyl sites for hydroxylation is 2. The maximum atomic E-state index is 12.6. The third-order valence-corrected chi connectivity index (χ3v) is 5.64. The van der Waals surface area contributed by atoms with Gasteiger partial charge in [-0.1, -0.05) is 0 Å². The average molecular weight is 373 g/mol. The van der Waals surface area contributed by atoms with Gasteiger partial charge in [-0.15, -0.1) is 11.3 Å². The normalized spacial score (nSPS) is 14.4. The third kappa shape index (κ3) is 4.04. The summed E-state index contributed by atoms with van der Waals surface area (Å²) in [6, 6.07) is 7.11. The molecule has 2 heterocycles. The molecule has 1 fully saturated rings. The van der Waals surface area contributed by atoms with Crippen LogP contribution in [-0.4, -0.2) is 59.9 Å². The molecule has 0 bridgehead atoms. The maximum Gasteiger partial charge on any atom is 0.253 e. The van der Waals surface area contributed by atoms with Crippen molar-refractivity contribution in [1.82, 2.24) is 14.8 Å². The number of ether oxygens (including phenoxy) is 1. The Bertz CT molecular complexity index is 793. The quantitative estimate of drug-likeness (QED) is 0.825. The topological polar surface area (TPSA) is 62.7 Å². The molecule has 0 saturated carbocycles. The van der Waals surface area contributed by atoms with Crippen molar-refractivity contribution in [3.8, 4) is 5.75 Å². The first kappa shape index (κ1) is 18.4. The zero-order valence-electron chi connectivity index (χ0n) is 15.3. The van der Waals surface area contributed by atoms with Crippen LogP contribution in [0.25, 0.3) is 0 Å². The van der Waals surface area contributed by atoms with Crippen molar-refractivity contribution in [3.63, 3.8) is 0 Å². The second-order valence-electron chi connectivity index (χ2n) is 6.32. The van der Waals surface area contributed by atoms with Crippen LogP contribution < -0.4 is 4.74 Å². The van der Waals surface area contributed by atoms with Crippen LogP contribution in [0.2, 0.25) is 0 Å². The highest BCUT2D eigenvalue weighted by atomic mass is 32.1. The van der Waals surface area contributed by atoms with E-state index in [0.717, 1.165) is 21.3 Å². The molecule has 7 heteroatoms. The Morgan fingerprint density at radius 2 is 1.69 bits per heavy atom. The number of rotatable bonds is 4. The van der Waals surface area contributed by atoms with Gasteiger partial charge < -0.3 is 14.5 Å². The van der Waals surface area contributed by atoms with Crippen LogP contribution in [0.5, 0.6) is 5.75 Å². The van der Waals surface area contributed by atoms with Gasteiger partial charge in [-0.2, -0.15) is 0 Å². The minimum atomic E-state index is -0.00585. The molecule has 0 aliphatic carbocycles. The number of methoxy groups -OCH3 is 1. The van der Waals surface area contributed by atoms with E-state index < -0.39 is 0 Å². The van der Waals surface area contributed by atoms with Crippen molar-refractivity contribution >= 4 is 23.2 Å². The molecule has 6 nitrogen and oxygen atoms in total. The first-order valence-corrected chi connectivity index (χ1v) is 9.43. The van der Waals surface area contributed by atoms with Crippen LogP contribution in [0, 0.1) is 13.8 Å². The summed E-state index contributed by atoms with van der Waals surface area (Å²) in [4.78, 5) is 34.2. The Labute approximate surface area is 157 Å². The van der Waals surface area contributed by atoms with Crippen LogP contribution in [0.3, 0.4) is 0 Å². The lowest BCUT2D eigenvalue weighted by atomic mass is 10.1. The lowest BCUT2D eigenvalue weighted by molar-refractivity contribution is -0.131. The summed E-state index contributed by atoms with van der Waals surface area (Å²) in [6.07, 6.45) is 0.393. The van der Waals surface area contributed by atoms with Crippen LogP contribution >= 0.6 is 11.3 Å². The summed E-state index contributed by atoms with van der Waals surface area (Å²) in [5, 5.41) is 0.986. The molecule has 2 aromatic rings. The van der Waals surface area contributed by atoms with E-state index in [4.69, 9.17) is 4.74 Å². The number of aromatic nitrogens is 1. The molecular formula is C19H23N3O3S. The fourth-order valence-electron chi connectivity index (χ4n) is 3.06. The number of thiazole rings is 1. The van der Waals surface area contributed by atoms with E-state index in [1.807, 2.05) is 18.7 Å². The van der Waals surface area contributed by atoms with E-state index in [1.54, 1.807) is 47.6 Å². The molecule has 1 aliphatic rings. The first-order chi connectivity index (χ1) is 12.5. The molecule has 1 aromatic heterocycles. The molecule has 0 atom stereocenters. The van der Waals surface area contributed by atoms with Gasteiger partial charge in [-0.3, -0.25) is 9.59 Å². The highest BCUT2D eigenvalue weighted by Gasteiger charge is 2.25. The number of amides is 2. The van der Waals surface area contributed by atoms with Gasteiger partial charge in [0, 0.05) is 36.6 Å². The van der Waals surface area contributed by atoms with Crippen molar-refractivity contribution in [2.24, 2.45) is 0 Å². The van der Waals surface area contributed by atoms with Gasteiger partial charge in [0.2, 0.25) is 5.91 Å². The summed E-state index contributed by atoms with van der Waals surface area (Å²) in [5.41, 5.74) is 1.58. The molecule has 0 unspecified atom stereocenters. The molecule has 2 amide bonds. The van der Waals surface area contributed by atoms with E-state index >= 15 is 0 Å². The number of nitrogens with zero attached hydrogens (tertiary/aromatic N) is 3.